The summed E-state index contributed by atoms with van der Waals surface area (Å²) in [6.07, 6.45) is 0. The van der Waals surface area contributed by atoms with E-state index in [2.05, 4.69) is 4.98 Å². The second kappa shape index (κ2) is 4.99. The number of nitrogens with zero attached hydrogens (tertiary/aromatic N) is 1. The van der Waals surface area contributed by atoms with Gasteiger partial charge < -0.3 is 9.72 Å². The molecule has 0 saturated heterocycles. The van der Waals surface area contributed by atoms with Crippen molar-refractivity contribution in [2.24, 2.45) is 0 Å². The Morgan fingerprint density at radius 3 is 2.37 bits per heavy atom. The molecule has 4 nitrogen and oxygen atoms in total. The summed E-state index contributed by atoms with van der Waals surface area (Å²) in [5, 5.41) is 9.18. The molecular formula is C15H14N2O2. The minimum absolute atomic E-state index is 0.147. The lowest BCUT2D eigenvalue weighted by molar-refractivity contribution is 0.415. The van der Waals surface area contributed by atoms with E-state index in [1.165, 1.54) is 0 Å². The van der Waals surface area contributed by atoms with Gasteiger partial charge in [0.15, 0.2) is 0 Å². The van der Waals surface area contributed by atoms with E-state index in [9.17, 15) is 10.1 Å². The van der Waals surface area contributed by atoms with Crippen LogP contribution in [0.1, 0.15) is 16.8 Å². The lowest BCUT2D eigenvalue weighted by atomic mass is 9.96. The fraction of sp³-hybridized carbons (Fsp3) is 0.200. The molecule has 0 aliphatic carbocycles. The number of ether oxygens (including phenoxy) is 1. The molecule has 4 heteroatoms. The zero-order valence-electron chi connectivity index (χ0n) is 11.1. The summed E-state index contributed by atoms with van der Waals surface area (Å²) >= 11 is 0. The van der Waals surface area contributed by atoms with Crippen LogP contribution in [0.2, 0.25) is 0 Å². The number of pyridine rings is 1. The molecule has 0 saturated carbocycles. The predicted octanol–water partition coefficient (Wildman–Crippen LogP) is 2.54. The molecule has 0 amide bonds. The van der Waals surface area contributed by atoms with Crippen LogP contribution < -0.4 is 10.3 Å². The molecule has 0 aliphatic heterocycles. The standard InChI is InChI=1S/C15H14N2O2/c1-9-10(2)17-15(18)13(8-16)14(9)11-4-6-12(19-3)7-5-11/h4-7H,1-3H3,(H,17,18). The molecule has 0 spiro atoms. The first kappa shape index (κ1) is 12.9. The zero-order chi connectivity index (χ0) is 14.0. The maximum atomic E-state index is 11.8. The van der Waals surface area contributed by atoms with Crippen LogP contribution in [-0.4, -0.2) is 12.1 Å². The van der Waals surface area contributed by atoms with Gasteiger partial charge in [-0.25, -0.2) is 0 Å². The molecule has 1 aromatic carbocycles. The molecule has 1 heterocycles. The van der Waals surface area contributed by atoms with Crippen molar-refractivity contribution in [2.75, 3.05) is 7.11 Å². The highest BCUT2D eigenvalue weighted by Gasteiger charge is 2.14. The number of benzene rings is 1. The Hall–Kier alpha value is -2.54. The van der Waals surface area contributed by atoms with Crippen LogP contribution in [0.4, 0.5) is 0 Å². The minimum Gasteiger partial charge on any atom is -0.497 e. The second-order valence-electron chi connectivity index (χ2n) is 4.29. The molecule has 0 radical (unpaired) electrons. The van der Waals surface area contributed by atoms with Gasteiger partial charge in [-0.15, -0.1) is 0 Å². The maximum Gasteiger partial charge on any atom is 0.266 e. The smallest absolute Gasteiger partial charge is 0.266 e. The number of hydrogen-bond donors (Lipinski definition) is 1. The maximum absolute atomic E-state index is 11.8. The molecule has 0 bridgehead atoms. The van der Waals surface area contributed by atoms with E-state index in [1.807, 2.05) is 44.2 Å². The van der Waals surface area contributed by atoms with Gasteiger partial charge >= 0.3 is 0 Å². The van der Waals surface area contributed by atoms with Crippen LogP contribution in [0, 0.1) is 25.2 Å². The summed E-state index contributed by atoms with van der Waals surface area (Å²) in [5.41, 5.74) is 3.00. The third-order valence-corrected chi connectivity index (χ3v) is 3.21. The lowest BCUT2D eigenvalue weighted by Gasteiger charge is -2.11. The van der Waals surface area contributed by atoms with E-state index >= 15 is 0 Å². The molecule has 1 N–H and O–H groups in total. The molecular weight excluding hydrogens is 240 g/mol. The Morgan fingerprint density at radius 2 is 1.84 bits per heavy atom. The number of aryl methyl sites for hydroxylation is 1. The average Bonchev–Trinajstić information content (AvgIpc) is 2.42. The van der Waals surface area contributed by atoms with Crippen molar-refractivity contribution in [3.63, 3.8) is 0 Å². The van der Waals surface area contributed by atoms with Gasteiger partial charge in [-0.05, 0) is 37.1 Å². The van der Waals surface area contributed by atoms with E-state index < -0.39 is 0 Å². The number of H-pyrrole nitrogens is 1. The molecule has 0 aliphatic rings. The molecule has 1 aromatic heterocycles. The Labute approximate surface area is 111 Å². The fourth-order valence-corrected chi connectivity index (χ4v) is 2.04. The van der Waals surface area contributed by atoms with Gasteiger partial charge in [0.25, 0.3) is 5.56 Å². The summed E-state index contributed by atoms with van der Waals surface area (Å²) < 4.78 is 5.11. The largest absolute Gasteiger partial charge is 0.497 e. The Kier molecular flexibility index (Phi) is 3.39. The third-order valence-electron chi connectivity index (χ3n) is 3.21. The van der Waals surface area contributed by atoms with Gasteiger partial charge in [0, 0.05) is 11.3 Å². The summed E-state index contributed by atoms with van der Waals surface area (Å²) in [6, 6.07) is 9.30. The molecule has 0 unspecified atom stereocenters. The van der Waals surface area contributed by atoms with Gasteiger partial charge in [0.2, 0.25) is 0 Å². The Morgan fingerprint density at radius 1 is 1.21 bits per heavy atom. The van der Waals surface area contributed by atoms with Crippen molar-refractivity contribution in [2.45, 2.75) is 13.8 Å². The van der Waals surface area contributed by atoms with Crippen molar-refractivity contribution in [3.05, 3.63) is 51.4 Å². The molecule has 2 rings (SSSR count). The van der Waals surface area contributed by atoms with E-state index in [4.69, 9.17) is 4.74 Å². The van der Waals surface area contributed by atoms with Crippen LogP contribution in [0.5, 0.6) is 5.75 Å². The zero-order valence-corrected chi connectivity index (χ0v) is 11.1. The van der Waals surface area contributed by atoms with Crippen molar-refractivity contribution < 1.29 is 4.74 Å². The highest BCUT2D eigenvalue weighted by atomic mass is 16.5. The summed E-state index contributed by atoms with van der Waals surface area (Å²) in [4.78, 5) is 14.5. The van der Waals surface area contributed by atoms with Gasteiger partial charge in [-0.2, -0.15) is 5.26 Å². The Balaban J connectivity index is 2.73. The van der Waals surface area contributed by atoms with Crippen molar-refractivity contribution in [3.8, 4) is 22.9 Å². The summed E-state index contributed by atoms with van der Waals surface area (Å²) in [7, 11) is 1.60. The van der Waals surface area contributed by atoms with E-state index in [0.717, 1.165) is 22.6 Å². The van der Waals surface area contributed by atoms with E-state index in [1.54, 1.807) is 7.11 Å². The molecule has 19 heavy (non-hydrogen) atoms. The van der Waals surface area contributed by atoms with Crippen LogP contribution >= 0.6 is 0 Å². The lowest BCUT2D eigenvalue weighted by Crippen LogP contribution is -2.14. The van der Waals surface area contributed by atoms with Crippen molar-refractivity contribution >= 4 is 0 Å². The van der Waals surface area contributed by atoms with Crippen molar-refractivity contribution in [1.29, 1.82) is 5.26 Å². The van der Waals surface area contributed by atoms with Crippen LogP contribution in [0.15, 0.2) is 29.1 Å². The molecule has 96 valence electrons. The highest BCUT2D eigenvalue weighted by molar-refractivity contribution is 5.74. The number of aromatic amines is 1. The van der Waals surface area contributed by atoms with Crippen molar-refractivity contribution in [1.82, 2.24) is 4.98 Å². The quantitative estimate of drug-likeness (QED) is 0.895. The number of aromatic nitrogens is 1. The van der Waals surface area contributed by atoms with Crippen LogP contribution in [0.25, 0.3) is 11.1 Å². The predicted molar refractivity (Wildman–Crippen MR) is 73.2 cm³/mol. The molecule has 0 atom stereocenters. The Bertz CT molecular complexity index is 707. The second-order valence-corrected chi connectivity index (χ2v) is 4.29. The average molecular weight is 254 g/mol. The number of nitrogens with one attached hydrogen (secondary N) is 1. The first-order chi connectivity index (χ1) is 9.08. The van der Waals surface area contributed by atoms with Gasteiger partial charge in [-0.1, -0.05) is 12.1 Å². The van der Waals surface area contributed by atoms with E-state index in [-0.39, 0.29) is 11.1 Å². The molecule has 2 aromatic rings. The van der Waals surface area contributed by atoms with E-state index in [0.29, 0.717) is 5.56 Å². The van der Waals surface area contributed by atoms with Gasteiger partial charge in [-0.3, -0.25) is 4.79 Å². The number of nitriles is 1. The number of rotatable bonds is 2. The van der Waals surface area contributed by atoms with Gasteiger partial charge in [0.1, 0.15) is 17.4 Å². The highest BCUT2D eigenvalue weighted by Crippen LogP contribution is 2.27. The summed E-state index contributed by atoms with van der Waals surface area (Å²) in [5.74, 6) is 0.737. The van der Waals surface area contributed by atoms with Gasteiger partial charge in [0.05, 0.1) is 7.11 Å². The first-order valence-corrected chi connectivity index (χ1v) is 5.86. The van der Waals surface area contributed by atoms with Crippen LogP contribution in [0.3, 0.4) is 0 Å². The number of methoxy groups -OCH3 is 1. The monoisotopic (exact) mass is 254 g/mol. The topological polar surface area (TPSA) is 65.9 Å². The summed E-state index contributed by atoms with van der Waals surface area (Å²) in [6.45, 7) is 3.72. The first-order valence-electron chi connectivity index (χ1n) is 5.86. The van der Waals surface area contributed by atoms with Crippen LogP contribution in [-0.2, 0) is 0 Å². The normalized spacial score (nSPS) is 10.0. The molecule has 0 fully saturated rings. The third kappa shape index (κ3) is 2.23. The number of hydrogen-bond acceptors (Lipinski definition) is 3. The fourth-order valence-electron chi connectivity index (χ4n) is 2.04. The SMILES string of the molecule is COc1ccc(-c2c(C)c(C)[nH]c(=O)c2C#N)cc1. The minimum atomic E-state index is -0.351.